The molecule has 5 heteroatoms. The van der Waals surface area contributed by atoms with Crippen molar-refractivity contribution in [2.75, 3.05) is 13.1 Å². The van der Waals surface area contributed by atoms with E-state index in [4.69, 9.17) is 0 Å². The molecule has 24 heavy (non-hydrogen) atoms. The molecule has 0 spiro atoms. The number of nitrogens with one attached hydrogen (secondary N) is 2. The molecule has 2 rings (SSSR count). The van der Waals surface area contributed by atoms with Crippen molar-refractivity contribution in [2.24, 2.45) is 5.92 Å². The number of hydrogen-bond acceptors (Lipinski definition) is 3. The van der Waals surface area contributed by atoms with E-state index in [2.05, 4.69) is 10.6 Å². The maximum atomic E-state index is 11.7. The molecule has 0 heterocycles. The summed E-state index contributed by atoms with van der Waals surface area (Å²) < 4.78 is 0. The lowest BCUT2D eigenvalue weighted by atomic mass is 9.99. The van der Waals surface area contributed by atoms with Gasteiger partial charge >= 0.3 is 11.8 Å². The van der Waals surface area contributed by atoms with Crippen molar-refractivity contribution in [3.8, 4) is 0 Å². The van der Waals surface area contributed by atoms with E-state index in [-0.39, 0.29) is 12.5 Å². The first-order valence-corrected chi connectivity index (χ1v) is 8.20. The second-order valence-electron chi connectivity index (χ2n) is 6.23. The summed E-state index contributed by atoms with van der Waals surface area (Å²) in [4.78, 5) is 23.3. The largest absolute Gasteiger partial charge is 0.388 e. The lowest BCUT2D eigenvalue weighted by Gasteiger charge is -2.14. The van der Waals surface area contributed by atoms with Gasteiger partial charge in [-0.1, -0.05) is 56.3 Å². The molecule has 0 aliphatic carbocycles. The van der Waals surface area contributed by atoms with Gasteiger partial charge in [0, 0.05) is 13.1 Å². The average Bonchev–Trinajstić information content (AvgIpc) is 2.58. The third-order valence-corrected chi connectivity index (χ3v) is 3.76. The van der Waals surface area contributed by atoms with Gasteiger partial charge in [0.15, 0.2) is 0 Å². The third-order valence-electron chi connectivity index (χ3n) is 3.76. The second-order valence-corrected chi connectivity index (χ2v) is 6.23. The maximum absolute atomic E-state index is 11.7. The molecule has 3 N–H and O–H groups in total. The van der Waals surface area contributed by atoms with Crippen molar-refractivity contribution < 1.29 is 14.7 Å². The van der Waals surface area contributed by atoms with Crippen LogP contribution in [0.15, 0.2) is 42.5 Å². The van der Waals surface area contributed by atoms with Gasteiger partial charge < -0.3 is 15.7 Å². The monoisotopic (exact) mass is 328 g/mol. The minimum absolute atomic E-state index is 0.234. The Bertz CT molecular complexity index is 707. The van der Waals surface area contributed by atoms with E-state index in [9.17, 15) is 14.7 Å². The quantitative estimate of drug-likeness (QED) is 0.711. The molecule has 0 saturated heterocycles. The number of carbonyl (C=O) groups excluding carboxylic acids is 2. The first kappa shape index (κ1) is 17.9. The molecule has 0 bridgehead atoms. The second kappa shape index (κ2) is 8.45. The molecule has 2 aromatic carbocycles. The Morgan fingerprint density at radius 1 is 1.00 bits per heavy atom. The molecule has 5 nitrogen and oxygen atoms in total. The number of rotatable bonds is 6. The number of aliphatic hydroxyl groups is 1. The third kappa shape index (κ3) is 4.80. The Kier molecular flexibility index (Phi) is 6.32. The average molecular weight is 328 g/mol. The summed E-state index contributed by atoms with van der Waals surface area (Å²) in [5.74, 6) is -1.01. The van der Waals surface area contributed by atoms with Gasteiger partial charge in [0.25, 0.3) is 0 Å². The van der Waals surface area contributed by atoms with Crippen molar-refractivity contribution in [2.45, 2.75) is 26.4 Å². The van der Waals surface area contributed by atoms with E-state index in [1.54, 1.807) is 0 Å². The van der Waals surface area contributed by atoms with Crippen LogP contribution < -0.4 is 10.6 Å². The van der Waals surface area contributed by atoms with E-state index in [0.717, 1.165) is 16.3 Å². The fraction of sp³-hybridized carbons (Fsp3) is 0.368. The molecule has 128 valence electrons. The lowest BCUT2D eigenvalue weighted by molar-refractivity contribution is -0.139. The van der Waals surface area contributed by atoms with Crippen LogP contribution in [0.1, 0.15) is 31.9 Å². The van der Waals surface area contributed by atoms with E-state index < -0.39 is 17.9 Å². The standard InChI is InChI=1S/C19H24N2O3/c1-13(2)12-21-19(24)18(23)20-11-10-17(22)16-9-5-7-14-6-3-4-8-15(14)16/h3-9,13,17,22H,10-12H2,1-2H3,(H,20,23)(H,21,24). The Labute approximate surface area is 142 Å². The van der Waals surface area contributed by atoms with Crippen LogP contribution >= 0.6 is 0 Å². The first-order valence-electron chi connectivity index (χ1n) is 8.20. The van der Waals surface area contributed by atoms with Crippen LogP contribution in [0.4, 0.5) is 0 Å². The highest BCUT2D eigenvalue weighted by Crippen LogP contribution is 2.25. The van der Waals surface area contributed by atoms with Gasteiger partial charge in [-0.3, -0.25) is 9.59 Å². The molecular formula is C19H24N2O3. The molecule has 0 aliphatic heterocycles. The number of fused-ring (bicyclic) bond motifs is 1. The van der Waals surface area contributed by atoms with Crippen LogP contribution in [-0.2, 0) is 9.59 Å². The molecule has 0 saturated carbocycles. The lowest BCUT2D eigenvalue weighted by Crippen LogP contribution is -2.41. The van der Waals surface area contributed by atoms with Crippen LogP contribution in [0.25, 0.3) is 10.8 Å². The zero-order chi connectivity index (χ0) is 17.5. The molecule has 2 aromatic rings. The number of hydrogen-bond donors (Lipinski definition) is 3. The predicted octanol–water partition coefficient (Wildman–Crippen LogP) is 2.15. The molecule has 2 amide bonds. The summed E-state index contributed by atoms with van der Waals surface area (Å²) >= 11 is 0. The van der Waals surface area contributed by atoms with E-state index in [1.165, 1.54) is 0 Å². The Morgan fingerprint density at radius 2 is 1.67 bits per heavy atom. The molecule has 0 aromatic heterocycles. The SMILES string of the molecule is CC(C)CNC(=O)C(=O)NCCC(O)c1cccc2ccccc12. The zero-order valence-electron chi connectivity index (χ0n) is 14.1. The summed E-state index contributed by atoms with van der Waals surface area (Å²) in [7, 11) is 0. The van der Waals surface area contributed by atoms with E-state index >= 15 is 0 Å². The van der Waals surface area contributed by atoms with Crippen LogP contribution in [0.2, 0.25) is 0 Å². The summed E-state index contributed by atoms with van der Waals surface area (Å²) in [5, 5.41) is 17.6. The van der Waals surface area contributed by atoms with Crippen molar-refractivity contribution in [1.82, 2.24) is 10.6 Å². The predicted molar refractivity (Wildman–Crippen MR) is 94.4 cm³/mol. The highest BCUT2D eigenvalue weighted by atomic mass is 16.3. The molecule has 1 atom stereocenters. The summed E-state index contributed by atoms with van der Waals surface area (Å²) in [5.41, 5.74) is 0.826. The molecule has 0 radical (unpaired) electrons. The zero-order valence-corrected chi connectivity index (χ0v) is 14.1. The minimum Gasteiger partial charge on any atom is -0.388 e. The van der Waals surface area contributed by atoms with Crippen LogP contribution in [0.3, 0.4) is 0 Å². The van der Waals surface area contributed by atoms with Crippen LogP contribution in [0.5, 0.6) is 0 Å². The Morgan fingerprint density at radius 3 is 2.42 bits per heavy atom. The van der Waals surface area contributed by atoms with Gasteiger partial charge in [-0.15, -0.1) is 0 Å². The van der Waals surface area contributed by atoms with Crippen LogP contribution in [0, 0.1) is 5.92 Å². The van der Waals surface area contributed by atoms with Gasteiger partial charge in [0.2, 0.25) is 0 Å². The number of carbonyl (C=O) groups is 2. The van der Waals surface area contributed by atoms with Gasteiger partial charge in [0.1, 0.15) is 0 Å². The van der Waals surface area contributed by atoms with Crippen LogP contribution in [-0.4, -0.2) is 30.0 Å². The van der Waals surface area contributed by atoms with Gasteiger partial charge in [-0.25, -0.2) is 0 Å². The molecule has 0 fully saturated rings. The smallest absolute Gasteiger partial charge is 0.309 e. The normalized spacial score (nSPS) is 12.2. The number of amides is 2. The molecular weight excluding hydrogens is 304 g/mol. The van der Waals surface area contributed by atoms with Gasteiger partial charge in [-0.05, 0) is 28.7 Å². The Balaban J connectivity index is 1.88. The first-order chi connectivity index (χ1) is 11.5. The van der Waals surface area contributed by atoms with Crippen molar-refractivity contribution in [3.63, 3.8) is 0 Å². The maximum Gasteiger partial charge on any atom is 0.309 e. The van der Waals surface area contributed by atoms with Gasteiger partial charge in [-0.2, -0.15) is 0 Å². The molecule has 0 aliphatic rings. The highest BCUT2D eigenvalue weighted by Gasteiger charge is 2.15. The van der Waals surface area contributed by atoms with Crippen molar-refractivity contribution >= 4 is 22.6 Å². The number of benzene rings is 2. The van der Waals surface area contributed by atoms with Crippen molar-refractivity contribution in [1.29, 1.82) is 0 Å². The summed E-state index contributed by atoms with van der Waals surface area (Å²) in [6, 6.07) is 13.6. The van der Waals surface area contributed by atoms with E-state index in [1.807, 2.05) is 56.3 Å². The Hall–Kier alpha value is -2.40. The number of aliphatic hydroxyl groups excluding tert-OH is 1. The minimum atomic E-state index is -0.699. The molecule has 1 unspecified atom stereocenters. The summed E-state index contributed by atoms with van der Waals surface area (Å²) in [6.45, 7) is 4.61. The summed E-state index contributed by atoms with van der Waals surface area (Å²) in [6.07, 6.45) is -0.355. The highest BCUT2D eigenvalue weighted by molar-refractivity contribution is 6.35. The van der Waals surface area contributed by atoms with E-state index in [0.29, 0.717) is 13.0 Å². The van der Waals surface area contributed by atoms with Gasteiger partial charge in [0.05, 0.1) is 6.10 Å². The van der Waals surface area contributed by atoms with Crippen molar-refractivity contribution in [3.05, 3.63) is 48.0 Å². The fourth-order valence-electron chi connectivity index (χ4n) is 2.48. The fourth-order valence-corrected chi connectivity index (χ4v) is 2.48. The topological polar surface area (TPSA) is 78.4 Å².